The van der Waals surface area contributed by atoms with Gasteiger partial charge >= 0.3 is 0 Å². The molecule has 1 amide bonds. The minimum atomic E-state index is -1.18. The first kappa shape index (κ1) is 17.0. The van der Waals surface area contributed by atoms with Crippen molar-refractivity contribution in [3.63, 3.8) is 0 Å². The fourth-order valence-electron chi connectivity index (χ4n) is 3.22. The van der Waals surface area contributed by atoms with E-state index in [1.165, 1.54) is 7.05 Å². The fraction of sp³-hybridized carbons (Fsp3) is 0.190. The summed E-state index contributed by atoms with van der Waals surface area (Å²) < 4.78 is 0. The first-order chi connectivity index (χ1) is 12.1. The molecule has 2 atom stereocenters. The Morgan fingerprint density at radius 2 is 1.60 bits per heavy atom. The van der Waals surface area contributed by atoms with Gasteiger partial charge in [0.1, 0.15) is 0 Å². The smallest absolute Gasteiger partial charge is 0.251 e. The lowest BCUT2D eigenvalue weighted by Crippen LogP contribution is -2.43. The fourth-order valence-corrected chi connectivity index (χ4v) is 3.22. The number of fused-ring (bicyclic) bond motifs is 1. The van der Waals surface area contributed by atoms with Gasteiger partial charge < -0.3 is 15.3 Å². The summed E-state index contributed by atoms with van der Waals surface area (Å²) >= 11 is 0. The summed E-state index contributed by atoms with van der Waals surface area (Å²) in [5.74, 6) is -0.402. The van der Waals surface area contributed by atoms with Gasteiger partial charge in [-0.15, -0.1) is 0 Å². The van der Waals surface area contributed by atoms with Crippen molar-refractivity contribution in [2.45, 2.75) is 12.1 Å². The average Bonchev–Trinajstić information content (AvgIpc) is 2.67. The molecular formula is C21H22N2O2. The van der Waals surface area contributed by atoms with Crippen LogP contribution in [0.25, 0.3) is 10.8 Å². The van der Waals surface area contributed by atoms with E-state index >= 15 is 0 Å². The highest BCUT2D eigenvalue weighted by molar-refractivity contribution is 5.94. The van der Waals surface area contributed by atoms with Gasteiger partial charge in [0.15, 0.2) is 6.10 Å². The third kappa shape index (κ3) is 3.35. The average molecular weight is 334 g/mol. The molecule has 0 saturated heterocycles. The van der Waals surface area contributed by atoms with E-state index in [1.54, 1.807) is 0 Å². The predicted octanol–water partition coefficient (Wildman–Crippen LogP) is 3.12. The molecule has 0 bridgehead atoms. The minimum Gasteiger partial charge on any atom is -0.381 e. The lowest BCUT2D eigenvalue weighted by molar-refractivity contribution is -0.129. The van der Waals surface area contributed by atoms with Gasteiger partial charge in [-0.05, 0) is 17.0 Å². The van der Waals surface area contributed by atoms with Crippen LogP contribution in [-0.2, 0) is 4.79 Å². The number of amides is 1. The van der Waals surface area contributed by atoms with Crippen LogP contribution in [0.5, 0.6) is 0 Å². The van der Waals surface area contributed by atoms with Crippen LogP contribution >= 0.6 is 0 Å². The maximum Gasteiger partial charge on any atom is 0.251 e. The van der Waals surface area contributed by atoms with Crippen LogP contribution in [-0.4, -0.2) is 31.2 Å². The van der Waals surface area contributed by atoms with Crippen LogP contribution < -0.4 is 10.2 Å². The predicted molar refractivity (Wildman–Crippen MR) is 102 cm³/mol. The Morgan fingerprint density at radius 1 is 0.960 bits per heavy atom. The normalized spacial score (nSPS) is 13.2. The molecule has 0 aliphatic rings. The van der Waals surface area contributed by atoms with Gasteiger partial charge in [-0.2, -0.15) is 0 Å². The molecule has 0 aliphatic carbocycles. The largest absolute Gasteiger partial charge is 0.381 e. The molecule has 3 aromatic carbocycles. The molecule has 128 valence electrons. The molecule has 0 saturated carbocycles. The van der Waals surface area contributed by atoms with Gasteiger partial charge in [0, 0.05) is 25.2 Å². The van der Waals surface area contributed by atoms with Crippen LogP contribution in [0.3, 0.4) is 0 Å². The summed E-state index contributed by atoms with van der Waals surface area (Å²) in [6, 6.07) is 23.3. The second-order valence-corrected chi connectivity index (χ2v) is 6.02. The highest BCUT2D eigenvalue weighted by Crippen LogP contribution is 2.33. The number of aliphatic hydroxyl groups excluding tert-OH is 1. The molecule has 2 N–H and O–H groups in total. The topological polar surface area (TPSA) is 52.6 Å². The number of hydrogen-bond donors (Lipinski definition) is 2. The number of likely N-dealkylation sites (N-methyl/N-ethyl adjacent to an activating group) is 2. The monoisotopic (exact) mass is 334 g/mol. The Hall–Kier alpha value is -2.85. The molecule has 4 heteroatoms. The van der Waals surface area contributed by atoms with E-state index in [4.69, 9.17) is 0 Å². The standard InChI is InChI=1S/C21H22N2O2/c1-22-21(25)20(24)19(16-10-4-3-5-11-16)23(2)18-14-8-12-15-9-6-7-13-17(15)18/h3-14,19-20,24H,1-2H3,(H,22,25). The number of nitrogens with zero attached hydrogens (tertiary/aromatic N) is 1. The lowest BCUT2D eigenvalue weighted by Gasteiger charge is -2.34. The number of nitrogens with one attached hydrogen (secondary N) is 1. The van der Waals surface area contributed by atoms with E-state index in [0.717, 1.165) is 22.0 Å². The van der Waals surface area contributed by atoms with Crippen molar-refractivity contribution >= 4 is 22.4 Å². The molecule has 25 heavy (non-hydrogen) atoms. The van der Waals surface area contributed by atoms with E-state index in [9.17, 15) is 9.90 Å². The van der Waals surface area contributed by atoms with Gasteiger partial charge in [0.05, 0.1) is 6.04 Å². The summed E-state index contributed by atoms with van der Waals surface area (Å²) in [6.45, 7) is 0. The number of rotatable bonds is 5. The molecule has 0 spiro atoms. The third-order valence-electron chi connectivity index (χ3n) is 4.52. The summed E-state index contributed by atoms with van der Waals surface area (Å²) in [6.07, 6.45) is -1.18. The quantitative estimate of drug-likeness (QED) is 0.754. The number of carbonyl (C=O) groups excluding carboxylic acids is 1. The Bertz CT molecular complexity index is 859. The van der Waals surface area contributed by atoms with Crippen LogP contribution in [0.2, 0.25) is 0 Å². The van der Waals surface area contributed by atoms with Crippen molar-refractivity contribution in [1.82, 2.24) is 5.32 Å². The number of carbonyl (C=O) groups is 1. The molecule has 0 fully saturated rings. The highest BCUT2D eigenvalue weighted by atomic mass is 16.3. The van der Waals surface area contributed by atoms with E-state index in [2.05, 4.69) is 23.5 Å². The van der Waals surface area contributed by atoms with Crippen LogP contribution in [0.4, 0.5) is 5.69 Å². The Balaban J connectivity index is 2.10. The third-order valence-corrected chi connectivity index (χ3v) is 4.52. The second-order valence-electron chi connectivity index (χ2n) is 6.02. The second kappa shape index (κ2) is 7.36. The van der Waals surface area contributed by atoms with E-state index in [-0.39, 0.29) is 0 Å². The molecule has 2 unspecified atom stereocenters. The number of benzene rings is 3. The molecule has 0 aliphatic heterocycles. The summed E-state index contributed by atoms with van der Waals surface area (Å²) in [5.41, 5.74) is 1.85. The zero-order valence-corrected chi connectivity index (χ0v) is 14.4. The maximum absolute atomic E-state index is 12.1. The van der Waals surface area contributed by atoms with E-state index < -0.39 is 18.1 Å². The van der Waals surface area contributed by atoms with Gasteiger partial charge in [-0.3, -0.25) is 4.79 Å². The van der Waals surface area contributed by atoms with E-state index in [1.807, 2.05) is 66.5 Å². The van der Waals surface area contributed by atoms with Gasteiger partial charge in [-0.1, -0.05) is 66.7 Å². The summed E-state index contributed by atoms with van der Waals surface area (Å²) in [4.78, 5) is 14.1. The molecule has 0 radical (unpaired) electrons. The van der Waals surface area contributed by atoms with Gasteiger partial charge in [-0.25, -0.2) is 0 Å². The molecule has 4 nitrogen and oxygen atoms in total. The summed E-state index contributed by atoms with van der Waals surface area (Å²) in [5, 5.41) is 15.4. The van der Waals surface area contributed by atoms with Crippen molar-refractivity contribution in [2.75, 3.05) is 19.0 Å². The SMILES string of the molecule is CNC(=O)C(O)C(c1ccccc1)N(C)c1cccc2ccccc12. The van der Waals surface area contributed by atoms with Crippen molar-refractivity contribution in [1.29, 1.82) is 0 Å². The Kier molecular flexibility index (Phi) is 5.00. The Labute approximate surface area is 147 Å². The van der Waals surface area contributed by atoms with Gasteiger partial charge in [0.25, 0.3) is 5.91 Å². The lowest BCUT2D eigenvalue weighted by atomic mass is 9.97. The molecule has 3 rings (SSSR count). The zero-order valence-electron chi connectivity index (χ0n) is 14.4. The maximum atomic E-state index is 12.1. The first-order valence-electron chi connectivity index (χ1n) is 8.28. The molecular weight excluding hydrogens is 312 g/mol. The van der Waals surface area contributed by atoms with Crippen LogP contribution in [0.1, 0.15) is 11.6 Å². The van der Waals surface area contributed by atoms with Crippen molar-refractivity contribution < 1.29 is 9.90 Å². The molecule has 3 aromatic rings. The van der Waals surface area contributed by atoms with E-state index in [0.29, 0.717) is 0 Å². The van der Waals surface area contributed by atoms with Crippen LogP contribution in [0.15, 0.2) is 72.8 Å². The number of aliphatic hydroxyl groups is 1. The Morgan fingerprint density at radius 3 is 2.32 bits per heavy atom. The van der Waals surface area contributed by atoms with Crippen molar-refractivity contribution in [2.24, 2.45) is 0 Å². The van der Waals surface area contributed by atoms with Crippen LogP contribution in [0, 0.1) is 0 Å². The van der Waals surface area contributed by atoms with Gasteiger partial charge in [0.2, 0.25) is 0 Å². The molecule has 0 heterocycles. The first-order valence-corrected chi connectivity index (χ1v) is 8.28. The molecule has 0 aromatic heterocycles. The van der Waals surface area contributed by atoms with Crippen molar-refractivity contribution in [3.8, 4) is 0 Å². The summed E-state index contributed by atoms with van der Waals surface area (Å²) in [7, 11) is 3.44. The number of anilines is 1. The zero-order chi connectivity index (χ0) is 17.8. The van der Waals surface area contributed by atoms with Crippen molar-refractivity contribution in [3.05, 3.63) is 78.4 Å². The minimum absolute atomic E-state index is 0.402. The number of hydrogen-bond acceptors (Lipinski definition) is 3. The highest BCUT2D eigenvalue weighted by Gasteiger charge is 2.31.